The van der Waals surface area contributed by atoms with E-state index in [1.165, 1.54) is 6.92 Å². The Morgan fingerprint density at radius 2 is 2.18 bits per heavy atom. The van der Waals surface area contributed by atoms with Crippen molar-refractivity contribution in [2.75, 3.05) is 0 Å². The van der Waals surface area contributed by atoms with E-state index in [1.54, 1.807) is 18.2 Å². The Labute approximate surface area is 111 Å². The van der Waals surface area contributed by atoms with Gasteiger partial charge in [0, 0.05) is 4.47 Å². The van der Waals surface area contributed by atoms with E-state index < -0.39 is 18.0 Å². The Balaban J connectivity index is 2.70. The molecular formula is C10H10BrClN2O3. The first kappa shape index (κ1) is 13.8. The van der Waals surface area contributed by atoms with Crippen LogP contribution in [0.3, 0.4) is 0 Å². The van der Waals surface area contributed by atoms with E-state index in [2.05, 4.69) is 15.9 Å². The van der Waals surface area contributed by atoms with Gasteiger partial charge in [-0.3, -0.25) is 10.1 Å². The highest BCUT2D eigenvalue weighted by molar-refractivity contribution is 9.10. The van der Waals surface area contributed by atoms with E-state index in [0.717, 1.165) is 4.47 Å². The topological polar surface area (TPSA) is 81.4 Å². The molecule has 5 nitrogen and oxygen atoms in total. The second-order valence-electron chi connectivity index (χ2n) is 3.19. The number of hydrogen-bond donors (Lipinski definition) is 2. The minimum absolute atomic E-state index is 0.349. The lowest BCUT2D eigenvalue weighted by Gasteiger charge is -2.14. The Bertz CT molecular complexity index is 453. The predicted octanol–water partition coefficient (Wildman–Crippen LogP) is 2.06. The van der Waals surface area contributed by atoms with Crippen molar-refractivity contribution in [1.82, 2.24) is 5.32 Å². The molecule has 7 heteroatoms. The highest BCUT2D eigenvalue weighted by Gasteiger charge is 2.17. The molecule has 0 spiro atoms. The van der Waals surface area contributed by atoms with Crippen LogP contribution in [0, 0.1) is 0 Å². The Kier molecular flexibility index (Phi) is 4.77. The summed E-state index contributed by atoms with van der Waals surface area (Å²) in [7, 11) is 0. The SMILES string of the molecule is C[C@@H](Oc1ccc(Br)cc1Cl)C(=O)NC(N)=O. The van der Waals surface area contributed by atoms with Gasteiger partial charge < -0.3 is 10.5 Å². The molecule has 1 aromatic rings. The molecule has 0 aliphatic rings. The molecule has 92 valence electrons. The summed E-state index contributed by atoms with van der Waals surface area (Å²) < 4.78 is 6.09. The number of urea groups is 1. The van der Waals surface area contributed by atoms with Crippen molar-refractivity contribution >= 4 is 39.5 Å². The fourth-order valence-corrected chi connectivity index (χ4v) is 1.76. The summed E-state index contributed by atoms with van der Waals surface area (Å²) >= 11 is 9.15. The van der Waals surface area contributed by atoms with Crippen LogP contribution in [0.2, 0.25) is 5.02 Å². The molecule has 3 N–H and O–H groups in total. The summed E-state index contributed by atoms with van der Waals surface area (Å²) in [4.78, 5) is 21.8. The van der Waals surface area contributed by atoms with Crippen molar-refractivity contribution in [2.24, 2.45) is 5.73 Å². The quantitative estimate of drug-likeness (QED) is 0.894. The summed E-state index contributed by atoms with van der Waals surface area (Å²) in [6.07, 6.45) is -0.874. The Morgan fingerprint density at radius 1 is 1.53 bits per heavy atom. The number of amides is 3. The number of nitrogens with two attached hydrogens (primary N) is 1. The molecule has 0 saturated heterocycles. The zero-order chi connectivity index (χ0) is 13.0. The van der Waals surface area contributed by atoms with Crippen molar-refractivity contribution in [3.63, 3.8) is 0 Å². The Hall–Kier alpha value is -1.27. The van der Waals surface area contributed by atoms with Gasteiger partial charge in [-0.25, -0.2) is 4.79 Å². The first-order valence-corrected chi connectivity index (χ1v) is 5.79. The van der Waals surface area contributed by atoms with Crippen LogP contribution in [0.5, 0.6) is 5.75 Å². The van der Waals surface area contributed by atoms with Crippen molar-refractivity contribution < 1.29 is 14.3 Å². The van der Waals surface area contributed by atoms with Crippen molar-refractivity contribution in [3.05, 3.63) is 27.7 Å². The number of nitrogens with one attached hydrogen (secondary N) is 1. The molecule has 0 saturated carbocycles. The lowest BCUT2D eigenvalue weighted by atomic mass is 10.3. The van der Waals surface area contributed by atoms with Crippen molar-refractivity contribution in [2.45, 2.75) is 13.0 Å². The highest BCUT2D eigenvalue weighted by atomic mass is 79.9. The molecule has 0 heterocycles. The van der Waals surface area contributed by atoms with Gasteiger partial charge in [-0.15, -0.1) is 0 Å². The molecule has 0 fully saturated rings. The number of halogens is 2. The normalized spacial score (nSPS) is 11.7. The Morgan fingerprint density at radius 3 is 2.71 bits per heavy atom. The van der Waals surface area contributed by atoms with Crippen LogP contribution < -0.4 is 15.8 Å². The van der Waals surface area contributed by atoms with Crippen LogP contribution in [0.4, 0.5) is 4.79 Å². The maximum absolute atomic E-state index is 11.3. The van der Waals surface area contributed by atoms with E-state index in [1.807, 2.05) is 5.32 Å². The third kappa shape index (κ3) is 4.24. The third-order valence-corrected chi connectivity index (χ3v) is 2.60. The number of benzene rings is 1. The van der Waals surface area contributed by atoms with E-state index >= 15 is 0 Å². The molecule has 0 aromatic heterocycles. The highest BCUT2D eigenvalue weighted by Crippen LogP contribution is 2.28. The number of hydrogen-bond acceptors (Lipinski definition) is 3. The molecule has 1 rings (SSSR count). The number of primary amides is 1. The summed E-state index contributed by atoms with van der Waals surface area (Å²) in [5, 5.41) is 2.28. The first-order chi connectivity index (χ1) is 7.90. The van der Waals surface area contributed by atoms with E-state index in [0.29, 0.717) is 10.8 Å². The van der Waals surface area contributed by atoms with Crippen LogP contribution in [0.25, 0.3) is 0 Å². The van der Waals surface area contributed by atoms with Gasteiger partial charge >= 0.3 is 6.03 Å². The number of carbonyl (C=O) groups excluding carboxylic acids is 2. The minimum Gasteiger partial charge on any atom is -0.479 e. The largest absolute Gasteiger partial charge is 0.479 e. The van der Waals surface area contributed by atoms with Crippen molar-refractivity contribution in [1.29, 1.82) is 0 Å². The number of carbonyl (C=O) groups is 2. The average Bonchev–Trinajstić information content (AvgIpc) is 2.21. The number of rotatable bonds is 3. The zero-order valence-electron chi connectivity index (χ0n) is 8.87. The van der Waals surface area contributed by atoms with Crippen LogP contribution >= 0.6 is 27.5 Å². The molecule has 0 aliphatic heterocycles. The molecule has 0 aliphatic carbocycles. The van der Waals surface area contributed by atoms with Gasteiger partial charge in [0.2, 0.25) is 0 Å². The monoisotopic (exact) mass is 320 g/mol. The van der Waals surface area contributed by atoms with Crippen LogP contribution in [0.15, 0.2) is 22.7 Å². The predicted molar refractivity (Wildman–Crippen MR) is 67.0 cm³/mol. The minimum atomic E-state index is -0.924. The van der Waals surface area contributed by atoms with Gasteiger partial charge in [-0.05, 0) is 25.1 Å². The van der Waals surface area contributed by atoms with Crippen molar-refractivity contribution in [3.8, 4) is 5.75 Å². The molecule has 17 heavy (non-hydrogen) atoms. The molecular weight excluding hydrogens is 311 g/mol. The second-order valence-corrected chi connectivity index (χ2v) is 4.51. The second kappa shape index (κ2) is 5.88. The summed E-state index contributed by atoms with van der Waals surface area (Å²) in [6, 6.07) is 4.04. The van der Waals surface area contributed by atoms with E-state index in [-0.39, 0.29) is 0 Å². The van der Waals surface area contributed by atoms with Gasteiger partial charge in [0.05, 0.1) is 5.02 Å². The smallest absolute Gasteiger partial charge is 0.318 e. The molecule has 1 aromatic carbocycles. The average molecular weight is 322 g/mol. The first-order valence-electron chi connectivity index (χ1n) is 4.62. The summed E-state index contributed by atoms with van der Waals surface area (Å²) in [5.41, 5.74) is 4.82. The summed E-state index contributed by atoms with van der Waals surface area (Å²) in [5.74, 6) is -0.279. The standard InChI is InChI=1S/C10H10BrClN2O3/c1-5(9(15)14-10(13)16)17-8-3-2-6(11)4-7(8)12/h2-5H,1H3,(H3,13,14,15,16)/t5-/m1/s1. The summed E-state index contributed by atoms with van der Waals surface area (Å²) in [6.45, 7) is 1.48. The third-order valence-electron chi connectivity index (χ3n) is 1.81. The van der Waals surface area contributed by atoms with E-state index in [9.17, 15) is 9.59 Å². The lowest BCUT2D eigenvalue weighted by Crippen LogP contribution is -2.42. The fraction of sp³-hybridized carbons (Fsp3) is 0.200. The van der Waals surface area contributed by atoms with Gasteiger partial charge in [-0.2, -0.15) is 0 Å². The van der Waals surface area contributed by atoms with Gasteiger partial charge in [0.25, 0.3) is 5.91 Å². The van der Waals surface area contributed by atoms with Crippen LogP contribution in [-0.4, -0.2) is 18.0 Å². The van der Waals surface area contributed by atoms with E-state index in [4.69, 9.17) is 22.1 Å². The molecule has 1 atom stereocenters. The number of ether oxygens (including phenoxy) is 1. The van der Waals surface area contributed by atoms with Gasteiger partial charge in [0.1, 0.15) is 5.75 Å². The lowest BCUT2D eigenvalue weighted by molar-refractivity contribution is -0.126. The maximum Gasteiger partial charge on any atom is 0.318 e. The van der Waals surface area contributed by atoms with Gasteiger partial charge in [0.15, 0.2) is 6.10 Å². The number of imide groups is 1. The molecule has 0 radical (unpaired) electrons. The van der Waals surface area contributed by atoms with Gasteiger partial charge in [-0.1, -0.05) is 27.5 Å². The zero-order valence-corrected chi connectivity index (χ0v) is 11.2. The van der Waals surface area contributed by atoms with Crippen LogP contribution in [-0.2, 0) is 4.79 Å². The fourth-order valence-electron chi connectivity index (χ4n) is 1.04. The molecule has 0 unspecified atom stereocenters. The van der Waals surface area contributed by atoms with Crippen LogP contribution in [0.1, 0.15) is 6.92 Å². The molecule has 0 bridgehead atoms. The maximum atomic E-state index is 11.3. The molecule has 3 amide bonds.